The first-order valence-corrected chi connectivity index (χ1v) is 5.15. The predicted molar refractivity (Wildman–Crippen MR) is 56.4 cm³/mol. The molecule has 0 bridgehead atoms. The Morgan fingerprint density at radius 1 is 1.17 bits per heavy atom. The van der Waals surface area contributed by atoms with Gasteiger partial charge in [-0.1, -0.05) is 41.5 Å². The van der Waals surface area contributed by atoms with Crippen LogP contribution in [0, 0.1) is 11.3 Å². The summed E-state index contributed by atoms with van der Waals surface area (Å²) >= 11 is 0. The Kier molecular flexibility index (Phi) is 4.84. The van der Waals surface area contributed by atoms with Crippen LogP contribution in [0.5, 0.6) is 0 Å². The molecule has 0 aromatic rings. The highest BCUT2D eigenvalue weighted by atomic mass is 14.9. The largest absolute Gasteiger partial charge is 0.314 e. The SMILES string of the molecule is CCC(C)(CNC(C)C)C(C)C. The zero-order valence-corrected chi connectivity index (χ0v) is 9.57. The van der Waals surface area contributed by atoms with Crippen molar-refractivity contribution in [3.8, 4) is 0 Å². The van der Waals surface area contributed by atoms with E-state index >= 15 is 0 Å². The van der Waals surface area contributed by atoms with Crippen LogP contribution in [0.15, 0.2) is 0 Å². The van der Waals surface area contributed by atoms with E-state index in [0.29, 0.717) is 11.5 Å². The van der Waals surface area contributed by atoms with Crippen molar-refractivity contribution in [1.82, 2.24) is 5.32 Å². The molecule has 0 aromatic carbocycles. The fraction of sp³-hybridized carbons (Fsp3) is 1.00. The first kappa shape index (κ1) is 12.0. The van der Waals surface area contributed by atoms with Gasteiger partial charge in [-0.05, 0) is 17.8 Å². The summed E-state index contributed by atoms with van der Waals surface area (Å²) in [4.78, 5) is 0. The highest BCUT2D eigenvalue weighted by Crippen LogP contribution is 2.29. The molecule has 0 fully saturated rings. The van der Waals surface area contributed by atoms with Gasteiger partial charge in [-0.25, -0.2) is 0 Å². The van der Waals surface area contributed by atoms with Gasteiger partial charge in [0.2, 0.25) is 0 Å². The minimum atomic E-state index is 0.463. The van der Waals surface area contributed by atoms with E-state index in [1.165, 1.54) is 6.42 Å². The molecule has 74 valence electrons. The molecular weight excluding hydrogens is 146 g/mol. The van der Waals surface area contributed by atoms with E-state index in [4.69, 9.17) is 0 Å². The van der Waals surface area contributed by atoms with Crippen LogP contribution >= 0.6 is 0 Å². The Morgan fingerprint density at radius 2 is 1.67 bits per heavy atom. The molecule has 0 radical (unpaired) electrons. The smallest absolute Gasteiger partial charge is 0.00106 e. The molecule has 0 aliphatic heterocycles. The maximum absolute atomic E-state index is 3.52. The van der Waals surface area contributed by atoms with Gasteiger partial charge in [0.1, 0.15) is 0 Å². The molecule has 1 N–H and O–H groups in total. The van der Waals surface area contributed by atoms with Gasteiger partial charge in [0.15, 0.2) is 0 Å². The van der Waals surface area contributed by atoms with Crippen LogP contribution in [-0.2, 0) is 0 Å². The third-order valence-corrected chi connectivity index (χ3v) is 3.12. The zero-order chi connectivity index (χ0) is 9.78. The van der Waals surface area contributed by atoms with E-state index in [-0.39, 0.29) is 0 Å². The average molecular weight is 171 g/mol. The summed E-state index contributed by atoms with van der Waals surface area (Å²) in [5.74, 6) is 0.758. The van der Waals surface area contributed by atoms with Gasteiger partial charge in [-0.2, -0.15) is 0 Å². The van der Waals surface area contributed by atoms with Crippen LogP contribution < -0.4 is 5.32 Å². The molecule has 0 aromatic heterocycles. The van der Waals surface area contributed by atoms with Crippen molar-refractivity contribution >= 4 is 0 Å². The van der Waals surface area contributed by atoms with Crippen molar-refractivity contribution in [3.05, 3.63) is 0 Å². The molecule has 0 saturated carbocycles. The predicted octanol–water partition coefficient (Wildman–Crippen LogP) is 3.06. The average Bonchev–Trinajstić information content (AvgIpc) is 1.99. The lowest BCUT2D eigenvalue weighted by molar-refractivity contribution is 0.195. The summed E-state index contributed by atoms with van der Waals surface area (Å²) in [6, 6.07) is 0.606. The molecule has 1 atom stereocenters. The van der Waals surface area contributed by atoms with Crippen LogP contribution in [0.25, 0.3) is 0 Å². The molecule has 0 saturated heterocycles. The molecular formula is C11H25N. The molecule has 0 aliphatic carbocycles. The van der Waals surface area contributed by atoms with Gasteiger partial charge in [0.25, 0.3) is 0 Å². The maximum atomic E-state index is 3.52. The molecule has 1 nitrogen and oxygen atoms in total. The highest BCUT2D eigenvalue weighted by molar-refractivity contribution is 4.79. The Hall–Kier alpha value is -0.0400. The van der Waals surface area contributed by atoms with Gasteiger partial charge in [-0.15, -0.1) is 0 Å². The molecule has 0 aliphatic rings. The first-order valence-electron chi connectivity index (χ1n) is 5.15. The van der Waals surface area contributed by atoms with Crippen LogP contribution in [0.3, 0.4) is 0 Å². The molecule has 1 unspecified atom stereocenters. The normalized spacial score (nSPS) is 17.0. The van der Waals surface area contributed by atoms with E-state index in [1.54, 1.807) is 0 Å². The summed E-state index contributed by atoms with van der Waals surface area (Å²) in [7, 11) is 0. The van der Waals surface area contributed by atoms with Crippen molar-refractivity contribution < 1.29 is 0 Å². The lowest BCUT2D eigenvalue weighted by Crippen LogP contribution is -2.38. The lowest BCUT2D eigenvalue weighted by atomic mass is 9.77. The summed E-state index contributed by atoms with van der Waals surface area (Å²) < 4.78 is 0. The number of hydrogen-bond donors (Lipinski definition) is 1. The fourth-order valence-electron chi connectivity index (χ4n) is 1.17. The molecule has 12 heavy (non-hydrogen) atoms. The van der Waals surface area contributed by atoms with Crippen LogP contribution in [0.4, 0.5) is 0 Å². The van der Waals surface area contributed by atoms with Crippen molar-refractivity contribution in [2.45, 2.75) is 54.0 Å². The fourth-order valence-corrected chi connectivity index (χ4v) is 1.17. The summed E-state index contributed by atoms with van der Waals surface area (Å²) in [6.45, 7) is 14.8. The maximum Gasteiger partial charge on any atom is 0.00106 e. The van der Waals surface area contributed by atoms with E-state index < -0.39 is 0 Å². The summed E-state index contributed by atoms with van der Waals surface area (Å²) in [5.41, 5.74) is 0.463. The van der Waals surface area contributed by atoms with Crippen molar-refractivity contribution in [2.75, 3.05) is 6.54 Å². The van der Waals surface area contributed by atoms with Gasteiger partial charge >= 0.3 is 0 Å². The molecule has 0 amide bonds. The van der Waals surface area contributed by atoms with Gasteiger partial charge < -0.3 is 5.32 Å². The van der Waals surface area contributed by atoms with Crippen LogP contribution in [0.2, 0.25) is 0 Å². The first-order chi connectivity index (χ1) is 5.42. The van der Waals surface area contributed by atoms with Crippen molar-refractivity contribution in [2.24, 2.45) is 11.3 Å². The van der Waals surface area contributed by atoms with E-state index in [9.17, 15) is 0 Å². The topological polar surface area (TPSA) is 12.0 Å². The number of nitrogens with one attached hydrogen (secondary N) is 1. The Labute approximate surface area is 77.9 Å². The van der Waals surface area contributed by atoms with E-state index in [0.717, 1.165) is 12.5 Å². The minimum absolute atomic E-state index is 0.463. The lowest BCUT2D eigenvalue weighted by Gasteiger charge is -2.33. The molecule has 0 spiro atoms. The third kappa shape index (κ3) is 3.57. The molecule has 0 heterocycles. The molecule has 1 heteroatoms. The second-order valence-corrected chi connectivity index (χ2v) is 4.70. The Balaban J connectivity index is 3.97. The zero-order valence-electron chi connectivity index (χ0n) is 9.57. The Morgan fingerprint density at radius 3 is 1.92 bits per heavy atom. The summed E-state index contributed by atoms with van der Waals surface area (Å²) in [6.07, 6.45) is 1.25. The van der Waals surface area contributed by atoms with Gasteiger partial charge in [-0.3, -0.25) is 0 Å². The summed E-state index contributed by atoms with van der Waals surface area (Å²) in [5, 5.41) is 3.52. The number of rotatable bonds is 5. The second-order valence-electron chi connectivity index (χ2n) is 4.70. The quantitative estimate of drug-likeness (QED) is 0.670. The number of hydrogen-bond acceptors (Lipinski definition) is 1. The standard InChI is InChI=1S/C11H25N/c1-7-11(6,9(2)3)8-12-10(4)5/h9-10,12H,7-8H2,1-6H3. The second kappa shape index (κ2) is 4.86. The van der Waals surface area contributed by atoms with Crippen molar-refractivity contribution in [1.29, 1.82) is 0 Å². The van der Waals surface area contributed by atoms with Crippen LogP contribution in [0.1, 0.15) is 48.0 Å². The van der Waals surface area contributed by atoms with Crippen LogP contribution in [-0.4, -0.2) is 12.6 Å². The van der Waals surface area contributed by atoms with Crippen molar-refractivity contribution in [3.63, 3.8) is 0 Å². The third-order valence-electron chi connectivity index (χ3n) is 3.12. The highest BCUT2D eigenvalue weighted by Gasteiger charge is 2.25. The molecule has 0 rings (SSSR count). The van der Waals surface area contributed by atoms with Gasteiger partial charge in [0.05, 0.1) is 0 Å². The monoisotopic (exact) mass is 171 g/mol. The Bertz CT molecular complexity index is 118. The van der Waals surface area contributed by atoms with E-state index in [2.05, 4.69) is 46.9 Å². The minimum Gasteiger partial charge on any atom is -0.314 e. The van der Waals surface area contributed by atoms with Gasteiger partial charge in [0, 0.05) is 12.6 Å². The van der Waals surface area contributed by atoms with E-state index in [1.807, 2.05) is 0 Å².